The Kier molecular flexibility index (Phi) is 7.29. The average Bonchev–Trinajstić information content (AvgIpc) is 2.76. The SMILES string of the molecule is O=C(NCCOc1cccc(C2CN(C(=O)O)CCN2)c1)OCc1ccccc1. The number of carboxylic acid groups (broad SMARTS) is 1. The number of piperazine rings is 1. The highest BCUT2D eigenvalue weighted by molar-refractivity contribution is 5.67. The molecule has 1 aliphatic rings. The van der Waals surface area contributed by atoms with E-state index in [-0.39, 0.29) is 12.6 Å². The lowest BCUT2D eigenvalue weighted by Crippen LogP contribution is -2.47. The molecule has 0 saturated carbocycles. The summed E-state index contributed by atoms with van der Waals surface area (Å²) in [6, 6.07) is 16.9. The fourth-order valence-electron chi connectivity index (χ4n) is 3.06. The molecular weight excluding hydrogens is 374 g/mol. The summed E-state index contributed by atoms with van der Waals surface area (Å²) >= 11 is 0. The van der Waals surface area contributed by atoms with Gasteiger partial charge in [0.25, 0.3) is 0 Å². The van der Waals surface area contributed by atoms with Gasteiger partial charge in [-0.2, -0.15) is 0 Å². The van der Waals surface area contributed by atoms with Crippen LogP contribution in [0.3, 0.4) is 0 Å². The van der Waals surface area contributed by atoms with Crippen molar-refractivity contribution in [1.29, 1.82) is 0 Å². The van der Waals surface area contributed by atoms with Gasteiger partial charge in [-0.3, -0.25) is 0 Å². The van der Waals surface area contributed by atoms with Crippen molar-refractivity contribution < 1.29 is 24.2 Å². The molecule has 0 aromatic heterocycles. The van der Waals surface area contributed by atoms with E-state index in [1.54, 1.807) is 0 Å². The number of ether oxygens (including phenoxy) is 2. The van der Waals surface area contributed by atoms with Gasteiger partial charge < -0.3 is 30.1 Å². The first-order chi connectivity index (χ1) is 14.1. The number of nitrogens with one attached hydrogen (secondary N) is 2. The normalized spacial score (nSPS) is 16.1. The monoisotopic (exact) mass is 399 g/mol. The minimum Gasteiger partial charge on any atom is -0.492 e. The number of hydrogen-bond acceptors (Lipinski definition) is 5. The average molecular weight is 399 g/mol. The molecule has 3 rings (SSSR count). The van der Waals surface area contributed by atoms with Gasteiger partial charge in [0.15, 0.2) is 0 Å². The highest BCUT2D eigenvalue weighted by atomic mass is 16.5. The largest absolute Gasteiger partial charge is 0.492 e. The number of alkyl carbamates (subject to hydrolysis) is 1. The van der Waals surface area contributed by atoms with Gasteiger partial charge >= 0.3 is 12.2 Å². The van der Waals surface area contributed by atoms with Crippen LogP contribution in [0, 0.1) is 0 Å². The summed E-state index contributed by atoms with van der Waals surface area (Å²) in [6.45, 7) is 2.31. The molecule has 1 aliphatic heterocycles. The molecule has 1 fully saturated rings. The Morgan fingerprint density at radius 3 is 2.79 bits per heavy atom. The summed E-state index contributed by atoms with van der Waals surface area (Å²) in [7, 11) is 0. The molecular formula is C21H25N3O5. The minimum absolute atomic E-state index is 0.0745. The molecule has 2 aromatic rings. The van der Waals surface area contributed by atoms with Gasteiger partial charge in [-0.05, 0) is 23.3 Å². The number of benzene rings is 2. The Bertz CT molecular complexity index is 815. The smallest absolute Gasteiger partial charge is 0.407 e. The van der Waals surface area contributed by atoms with E-state index in [2.05, 4.69) is 10.6 Å². The molecule has 0 aliphatic carbocycles. The molecule has 29 heavy (non-hydrogen) atoms. The number of nitrogens with zero attached hydrogens (tertiary/aromatic N) is 1. The Balaban J connectivity index is 1.40. The summed E-state index contributed by atoms with van der Waals surface area (Å²) < 4.78 is 10.8. The quantitative estimate of drug-likeness (QED) is 0.619. The van der Waals surface area contributed by atoms with E-state index in [0.29, 0.717) is 38.5 Å². The van der Waals surface area contributed by atoms with E-state index in [1.165, 1.54) is 4.90 Å². The van der Waals surface area contributed by atoms with Crippen LogP contribution in [0.2, 0.25) is 0 Å². The number of amides is 2. The Labute approximate surface area is 169 Å². The summed E-state index contributed by atoms with van der Waals surface area (Å²) in [5.74, 6) is 0.663. The van der Waals surface area contributed by atoms with Gasteiger partial charge in [-0.15, -0.1) is 0 Å². The van der Waals surface area contributed by atoms with Crippen LogP contribution >= 0.6 is 0 Å². The highest BCUT2D eigenvalue weighted by Gasteiger charge is 2.23. The second-order valence-electron chi connectivity index (χ2n) is 6.64. The second-order valence-corrected chi connectivity index (χ2v) is 6.64. The first-order valence-corrected chi connectivity index (χ1v) is 9.50. The minimum atomic E-state index is -0.908. The third kappa shape index (κ3) is 6.39. The molecule has 0 radical (unpaired) electrons. The second kappa shape index (κ2) is 10.3. The van der Waals surface area contributed by atoms with Crippen molar-refractivity contribution in [2.75, 3.05) is 32.8 Å². The van der Waals surface area contributed by atoms with Crippen LogP contribution in [-0.4, -0.2) is 55.0 Å². The topological polar surface area (TPSA) is 100 Å². The maximum Gasteiger partial charge on any atom is 0.407 e. The van der Waals surface area contributed by atoms with Gasteiger partial charge in [-0.25, -0.2) is 9.59 Å². The molecule has 1 atom stereocenters. The zero-order valence-corrected chi connectivity index (χ0v) is 16.0. The van der Waals surface area contributed by atoms with E-state index in [4.69, 9.17) is 9.47 Å². The molecule has 8 heteroatoms. The molecule has 1 unspecified atom stereocenters. The van der Waals surface area contributed by atoms with Crippen molar-refractivity contribution in [3.8, 4) is 5.75 Å². The van der Waals surface area contributed by atoms with Crippen LogP contribution in [-0.2, 0) is 11.3 Å². The van der Waals surface area contributed by atoms with E-state index >= 15 is 0 Å². The van der Waals surface area contributed by atoms with E-state index in [1.807, 2.05) is 54.6 Å². The van der Waals surface area contributed by atoms with E-state index in [9.17, 15) is 14.7 Å². The van der Waals surface area contributed by atoms with Crippen LogP contribution in [0.5, 0.6) is 5.75 Å². The van der Waals surface area contributed by atoms with Gasteiger partial charge in [0.2, 0.25) is 0 Å². The van der Waals surface area contributed by atoms with Crippen LogP contribution in [0.25, 0.3) is 0 Å². The predicted octanol–water partition coefficient (Wildman–Crippen LogP) is 2.62. The summed E-state index contributed by atoms with van der Waals surface area (Å²) in [4.78, 5) is 24.3. The van der Waals surface area contributed by atoms with Gasteiger partial charge in [-0.1, -0.05) is 42.5 Å². The molecule has 3 N–H and O–H groups in total. The molecule has 8 nitrogen and oxygen atoms in total. The highest BCUT2D eigenvalue weighted by Crippen LogP contribution is 2.22. The summed E-state index contributed by atoms with van der Waals surface area (Å²) in [5, 5.41) is 15.1. The molecule has 2 amide bonds. The first-order valence-electron chi connectivity index (χ1n) is 9.50. The molecule has 154 valence electrons. The van der Waals surface area contributed by atoms with E-state index in [0.717, 1.165) is 11.1 Å². The molecule has 0 bridgehead atoms. The maximum absolute atomic E-state index is 11.7. The van der Waals surface area contributed by atoms with Crippen molar-refractivity contribution in [2.45, 2.75) is 12.6 Å². The summed E-state index contributed by atoms with van der Waals surface area (Å²) in [5.41, 5.74) is 1.89. The van der Waals surface area contributed by atoms with Crippen molar-refractivity contribution >= 4 is 12.2 Å². The lowest BCUT2D eigenvalue weighted by atomic mass is 10.0. The molecule has 1 saturated heterocycles. The van der Waals surface area contributed by atoms with Crippen LogP contribution in [0.1, 0.15) is 17.2 Å². The van der Waals surface area contributed by atoms with Crippen LogP contribution < -0.4 is 15.4 Å². The molecule has 2 aromatic carbocycles. The Hall–Kier alpha value is -3.26. The number of rotatable bonds is 7. The molecule has 1 heterocycles. The molecule has 0 spiro atoms. The zero-order valence-electron chi connectivity index (χ0n) is 16.0. The number of hydrogen-bond donors (Lipinski definition) is 3. The van der Waals surface area contributed by atoms with Gasteiger partial charge in [0, 0.05) is 19.6 Å². The summed E-state index contributed by atoms with van der Waals surface area (Å²) in [6.07, 6.45) is -1.40. The first kappa shape index (κ1) is 20.5. The lowest BCUT2D eigenvalue weighted by molar-refractivity contribution is 0.128. The third-order valence-electron chi connectivity index (χ3n) is 4.56. The Morgan fingerprint density at radius 1 is 1.17 bits per heavy atom. The maximum atomic E-state index is 11.7. The van der Waals surface area contributed by atoms with Crippen LogP contribution in [0.15, 0.2) is 54.6 Å². The van der Waals surface area contributed by atoms with Gasteiger partial charge in [0.05, 0.1) is 12.6 Å². The van der Waals surface area contributed by atoms with Crippen molar-refractivity contribution in [1.82, 2.24) is 15.5 Å². The van der Waals surface area contributed by atoms with Crippen molar-refractivity contribution in [3.63, 3.8) is 0 Å². The fraction of sp³-hybridized carbons (Fsp3) is 0.333. The third-order valence-corrected chi connectivity index (χ3v) is 4.56. The standard InChI is InChI=1S/C21H25N3O5/c25-20(29-15-16-5-2-1-3-6-16)23-10-12-28-18-8-4-7-17(13-18)19-14-24(21(26)27)11-9-22-19/h1-8,13,19,22H,9-12,14-15H2,(H,23,25)(H,26,27). The van der Waals surface area contributed by atoms with E-state index < -0.39 is 12.2 Å². The number of carbonyl (C=O) groups is 2. The zero-order chi connectivity index (χ0) is 20.5. The van der Waals surface area contributed by atoms with Crippen molar-refractivity contribution in [3.05, 3.63) is 65.7 Å². The fourth-order valence-corrected chi connectivity index (χ4v) is 3.06. The van der Waals surface area contributed by atoms with Gasteiger partial charge in [0.1, 0.15) is 19.0 Å². The van der Waals surface area contributed by atoms with Crippen LogP contribution in [0.4, 0.5) is 9.59 Å². The Morgan fingerprint density at radius 2 is 2.00 bits per heavy atom. The van der Waals surface area contributed by atoms with Crippen molar-refractivity contribution in [2.24, 2.45) is 0 Å². The predicted molar refractivity (Wildman–Crippen MR) is 107 cm³/mol. The number of carbonyl (C=O) groups excluding carboxylic acids is 1. The lowest BCUT2D eigenvalue weighted by Gasteiger charge is -2.32.